The fraction of sp³-hybridized carbons (Fsp3) is 0.261. The third-order valence-corrected chi connectivity index (χ3v) is 5.40. The largest absolute Gasteiger partial charge is 0.496 e. The van der Waals surface area contributed by atoms with Crippen molar-refractivity contribution in [1.82, 2.24) is 14.5 Å². The van der Waals surface area contributed by atoms with Crippen molar-refractivity contribution in [2.75, 3.05) is 12.4 Å². The van der Waals surface area contributed by atoms with Crippen LogP contribution in [0.2, 0.25) is 0 Å². The van der Waals surface area contributed by atoms with Gasteiger partial charge in [0, 0.05) is 35.8 Å². The van der Waals surface area contributed by atoms with Crippen LogP contribution in [-0.4, -0.2) is 39.4 Å². The van der Waals surface area contributed by atoms with Gasteiger partial charge in [0.2, 0.25) is 11.8 Å². The van der Waals surface area contributed by atoms with Crippen LogP contribution in [0.3, 0.4) is 0 Å². The molecule has 4 rings (SSSR count). The van der Waals surface area contributed by atoms with Crippen LogP contribution in [0, 0.1) is 6.92 Å². The number of carbonyl (C=O) groups excluding carboxylic acids is 2. The van der Waals surface area contributed by atoms with Crippen molar-refractivity contribution in [2.24, 2.45) is 0 Å². The molecule has 7 heteroatoms. The number of para-hydroxylation sites is 1. The second kappa shape index (κ2) is 8.41. The van der Waals surface area contributed by atoms with Gasteiger partial charge in [-0.25, -0.2) is 4.98 Å². The average molecular weight is 404 g/mol. The summed E-state index contributed by atoms with van der Waals surface area (Å²) in [5.41, 5.74) is 2.54. The number of rotatable bonds is 6. The predicted octanol–water partition coefficient (Wildman–Crippen LogP) is 3.32. The Morgan fingerprint density at radius 2 is 1.97 bits per heavy atom. The van der Waals surface area contributed by atoms with Gasteiger partial charge >= 0.3 is 0 Å². The lowest BCUT2D eigenvalue weighted by Crippen LogP contribution is -2.41. The number of likely N-dealkylation sites (tertiary alicyclic amines) is 1. The summed E-state index contributed by atoms with van der Waals surface area (Å²) in [5, 5.41) is 2.95. The van der Waals surface area contributed by atoms with Crippen molar-refractivity contribution in [1.29, 1.82) is 0 Å². The van der Waals surface area contributed by atoms with E-state index in [1.54, 1.807) is 18.2 Å². The molecule has 1 aliphatic heterocycles. The molecule has 1 N–H and O–H groups in total. The molecule has 1 aliphatic rings. The van der Waals surface area contributed by atoms with Crippen LogP contribution in [-0.2, 0) is 16.1 Å². The minimum absolute atomic E-state index is 0.0213. The summed E-state index contributed by atoms with van der Waals surface area (Å²) in [6.07, 6.45) is 4.51. The lowest BCUT2D eigenvalue weighted by atomic mass is 10.1. The Hall–Kier alpha value is -3.61. The topological polar surface area (TPSA) is 76.5 Å². The van der Waals surface area contributed by atoms with E-state index in [4.69, 9.17) is 4.74 Å². The first-order valence-electron chi connectivity index (χ1n) is 9.89. The highest BCUT2D eigenvalue weighted by Gasteiger charge is 2.36. The molecule has 1 unspecified atom stereocenters. The van der Waals surface area contributed by atoms with Crippen molar-refractivity contribution >= 4 is 17.5 Å². The maximum absolute atomic E-state index is 12.9. The Balaban J connectivity index is 1.47. The molecule has 1 saturated heterocycles. The Labute approximate surface area is 175 Å². The smallest absolute Gasteiger partial charge is 0.247 e. The number of benzene rings is 2. The maximum Gasteiger partial charge on any atom is 0.247 e. The van der Waals surface area contributed by atoms with E-state index in [1.807, 2.05) is 66.2 Å². The normalized spacial score (nSPS) is 16.0. The van der Waals surface area contributed by atoms with Gasteiger partial charge in [-0.3, -0.25) is 9.59 Å². The van der Waals surface area contributed by atoms with Crippen molar-refractivity contribution < 1.29 is 14.3 Å². The summed E-state index contributed by atoms with van der Waals surface area (Å²) in [6.45, 7) is 2.28. The standard InChI is InChI=1S/C23H24N4O3/c1-16-24-13-14-26(16)19-9-7-18(8-10-19)25-23(29)20-11-12-22(28)27(20)15-17-5-3-4-6-21(17)30-2/h3-10,13-14,20H,11-12,15H2,1-2H3,(H,25,29). The third-order valence-electron chi connectivity index (χ3n) is 5.40. The highest BCUT2D eigenvalue weighted by Crippen LogP contribution is 2.27. The molecule has 154 valence electrons. The summed E-state index contributed by atoms with van der Waals surface area (Å²) in [7, 11) is 1.60. The highest BCUT2D eigenvalue weighted by molar-refractivity contribution is 5.99. The molecular formula is C23H24N4O3. The lowest BCUT2D eigenvalue weighted by molar-refractivity contribution is -0.133. The molecule has 0 saturated carbocycles. The van der Waals surface area contributed by atoms with Crippen molar-refractivity contribution in [3.05, 3.63) is 72.3 Å². The molecule has 30 heavy (non-hydrogen) atoms. The van der Waals surface area contributed by atoms with E-state index in [0.717, 1.165) is 17.1 Å². The molecule has 0 radical (unpaired) electrons. The van der Waals surface area contributed by atoms with Gasteiger partial charge in [0.05, 0.1) is 13.7 Å². The quantitative estimate of drug-likeness (QED) is 0.684. The Morgan fingerprint density at radius 3 is 2.67 bits per heavy atom. The van der Waals surface area contributed by atoms with Crippen LogP contribution < -0.4 is 10.1 Å². The van der Waals surface area contributed by atoms with E-state index in [9.17, 15) is 9.59 Å². The molecule has 0 aliphatic carbocycles. The van der Waals surface area contributed by atoms with Crippen LogP contribution in [0.15, 0.2) is 60.9 Å². The Morgan fingerprint density at radius 1 is 1.20 bits per heavy atom. The van der Waals surface area contributed by atoms with Gasteiger partial charge in [-0.05, 0) is 43.7 Å². The lowest BCUT2D eigenvalue weighted by Gasteiger charge is -2.25. The van der Waals surface area contributed by atoms with Crippen molar-refractivity contribution in [3.8, 4) is 11.4 Å². The maximum atomic E-state index is 12.9. The minimum Gasteiger partial charge on any atom is -0.496 e. The molecule has 1 atom stereocenters. The van der Waals surface area contributed by atoms with Gasteiger partial charge in [0.25, 0.3) is 0 Å². The van der Waals surface area contributed by atoms with Gasteiger partial charge in [0.15, 0.2) is 0 Å². The summed E-state index contributed by atoms with van der Waals surface area (Å²) in [4.78, 5) is 31.2. The molecule has 0 bridgehead atoms. The van der Waals surface area contributed by atoms with E-state index in [0.29, 0.717) is 30.8 Å². The number of aromatic nitrogens is 2. The van der Waals surface area contributed by atoms with Crippen molar-refractivity contribution in [2.45, 2.75) is 32.4 Å². The van der Waals surface area contributed by atoms with E-state index < -0.39 is 6.04 Å². The van der Waals surface area contributed by atoms with Gasteiger partial charge in [0.1, 0.15) is 17.6 Å². The van der Waals surface area contributed by atoms with E-state index >= 15 is 0 Å². The highest BCUT2D eigenvalue weighted by atomic mass is 16.5. The molecule has 0 spiro atoms. The number of methoxy groups -OCH3 is 1. The molecule has 2 heterocycles. The molecule has 7 nitrogen and oxygen atoms in total. The second-order valence-corrected chi connectivity index (χ2v) is 7.27. The van der Waals surface area contributed by atoms with E-state index in [2.05, 4.69) is 10.3 Å². The zero-order valence-corrected chi connectivity index (χ0v) is 17.0. The number of imidazole rings is 1. The number of nitrogens with zero attached hydrogens (tertiary/aromatic N) is 3. The van der Waals surface area contributed by atoms with Crippen LogP contribution in [0.25, 0.3) is 5.69 Å². The summed E-state index contributed by atoms with van der Waals surface area (Å²) in [6, 6.07) is 14.6. The van der Waals surface area contributed by atoms with Crippen LogP contribution in [0.4, 0.5) is 5.69 Å². The molecule has 1 fully saturated rings. The van der Waals surface area contributed by atoms with E-state index in [1.165, 1.54) is 0 Å². The van der Waals surface area contributed by atoms with E-state index in [-0.39, 0.29) is 11.8 Å². The van der Waals surface area contributed by atoms with Gasteiger partial charge in [-0.2, -0.15) is 0 Å². The summed E-state index contributed by atoms with van der Waals surface area (Å²) in [5.74, 6) is 1.40. The Kier molecular flexibility index (Phi) is 5.52. The van der Waals surface area contributed by atoms with Gasteiger partial charge in [-0.1, -0.05) is 18.2 Å². The first-order chi connectivity index (χ1) is 14.6. The molecular weight excluding hydrogens is 380 g/mol. The zero-order chi connectivity index (χ0) is 21.1. The third kappa shape index (κ3) is 3.91. The number of anilines is 1. The number of amides is 2. The monoisotopic (exact) mass is 404 g/mol. The van der Waals surface area contributed by atoms with Gasteiger partial charge < -0.3 is 19.5 Å². The first kappa shape index (κ1) is 19.7. The van der Waals surface area contributed by atoms with Crippen LogP contribution in [0.1, 0.15) is 24.2 Å². The summed E-state index contributed by atoms with van der Waals surface area (Å²) >= 11 is 0. The fourth-order valence-corrected chi connectivity index (χ4v) is 3.80. The molecule has 2 aromatic carbocycles. The number of hydrogen-bond acceptors (Lipinski definition) is 4. The average Bonchev–Trinajstić information content (AvgIpc) is 3.35. The predicted molar refractivity (Wildman–Crippen MR) is 113 cm³/mol. The van der Waals surface area contributed by atoms with Crippen LogP contribution in [0.5, 0.6) is 5.75 Å². The number of aryl methyl sites for hydroxylation is 1. The van der Waals surface area contributed by atoms with Gasteiger partial charge in [-0.15, -0.1) is 0 Å². The molecule has 2 amide bonds. The zero-order valence-electron chi connectivity index (χ0n) is 17.0. The molecule has 3 aromatic rings. The second-order valence-electron chi connectivity index (χ2n) is 7.27. The molecule has 1 aromatic heterocycles. The number of hydrogen-bond donors (Lipinski definition) is 1. The Bertz CT molecular complexity index is 1060. The number of nitrogens with one attached hydrogen (secondary N) is 1. The summed E-state index contributed by atoms with van der Waals surface area (Å²) < 4.78 is 7.36. The fourth-order valence-electron chi connectivity index (χ4n) is 3.80. The SMILES string of the molecule is COc1ccccc1CN1C(=O)CCC1C(=O)Nc1ccc(-n2ccnc2C)cc1. The number of ether oxygens (including phenoxy) is 1. The van der Waals surface area contributed by atoms with Crippen molar-refractivity contribution in [3.63, 3.8) is 0 Å². The first-order valence-corrected chi connectivity index (χ1v) is 9.89. The minimum atomic E-state index is -0.502. The number of carbonyl (C=O) groups is 2. The van der Waals surface area contributed by atoms with Crippen LogP contribution >= 0.6 is 0 Å².